The maximum absolute atomic E-state index is 11.5. The molecule has 6 heteroatoms. The van der Waals surface area contributed by atoms with Crippen molar-refractivity contribution in [3.63, 3.8) is 0 Å². The number of carboxylic acid groups (broad SMARTS) is 2. The van der Waals surface area contributed by atoms with Gasteiger partial charge >= 0.3 is 11.9 Å². The first-order valence-electron chi connectivity index (χ1n) is 6.32. The first-order chi connectivity index (χ1) is 10.6. The second-order valence-corrected chi connectivity index (χ2v) is 4.33. The number of nitrogens with zero attached hydrogens (tertiary/aromatic N) is 1. The zero-order valence-corrected chi connectivity index (χ0v) is 11.7. The minimum atomic E-state index is -1.34. The predicted octanol–water partition coefficient (Wildman–Crippen LogP) is 2.48. The summed E-state index contributed by atoms with van der Waals surface area (Å²) in [6.07, 6.45) is 0. The van der Waals surface area contributed by atoms with Gasteiger partial charge in [-0.2, -0.15) is 0 Å². The molecule has 0 aromatic heterocycles. The summed E-state index contributed by atoms with van der Waals surface area (Å²) in [6, 6.07) is 13.0. The van der Waals surface area contributed by atoms with Gasteiger partial charge in [-0.25, -0.2) is 9.59 Å². The third kappa shape index (κ3) is 2.95. The fourth-order valence-electron chi connectivity index (χ4n) is 2.10. The van der Waals surface area contributed by atoms with E-state index in [1.165, 1.54) is 25.3 Å². The molecule has 0 saturated heterocycles. The third-order valence-electron chi connectivity index (χ3n) is 2.99. The molecular formula is C16H13NO5. The molecule has 0 radical (unpaired) electrons. The predicted molar refractivity (Wildman–Crippen MR) is 79.5 cm³/mol. The van der Waals surface area contributed by atoms with Crippen LogP contribution in [0, 0.1) is 0 Å². The van der Waals surface area contributed by atoms with Crippen molar-refractivity contribution in [2.45, 2.75) is 0 Å². The molecule has 0 aliphatic heterocycles. The summed E-state index contributed by atoms with van der Waals surface area (Å²) in [6.45, 7) is 0. The Labute approximate surface area is 126 Å². The van der Waals surface area contributed by atoms with Crippen LogP contribution < -0.4 is 0 Å². The Morgan fingerprint density at radius 2 is 1.55 bits per heavy atom. The second kappa shape index (κ2) is 6.53. The molecule has 0 heterocycles. The van der Waals surface area contributed by atoms with Gasteiger partial charge in [-0.3, -0.25) is 0 Å². The van der Waals surface area contributed by atoms with E-state index in [0.29, 0.717) is 5.56 Å². The molecule has 0 aliphatic carbocycles. The van der Waals surface area contributed by atoms with Gasteiger partial charge in [0.1, 0.15) is 12.8 Å². The second-order valence-electron chi connectivity index (χ2n) is 4.33. The minimum absolute atomic E-state index is 0.181. The van der Waals surface area contributed by atoms with E-state index in [1.54, 1.807) is 30.3 Å². The Kier molecular flexibility index (Phi) is 4.53. The molecule has 112 valence electrons. The summed E-state index contributed by atoms with van der Waals surface area (Å²) in [4.78, 5) is 27.6. The number of oxime groups is 1. The van der Waals surface area contributed by atoms with Crippen LogP contribution in [0.15, 0.2) is 53.7 Å². The smallest absolute Gasteiger partial charge is 0.337 e. The van der Waals surface area contributed by atoms with E-state index in [0.717, 1.165) is 0 Å². The number of carbonyl (C=O) groups is 2. The lowest BCUT2D eigenvalue weighted by Gasteiger charge is -2.11. The van der Waals surface area contributed by atoms with E-state index in [2.05, 4.69) is 5.16 Å². The summed E-state index contributed by atoms with van der Waals surface area (Å²) >= 11 is 0. The van der Waals surface area contributed by atoms with Crippen molar-refractivity contribution in [3.8, 4) is 0 Å². The molecule has 2 aromatic carbocycles. The van der Waals surface area contributed by atoms with Crippen LogP contribution in [-0.2, 0) is 4.84 Å². The molecular weight excluding hydrogens is 286 g/mol. The molecule has 22 heavy (non-hydrogen) atoms. The quantitative estimate of drug-likeness (QED) is 0.653. The van der Waals surface area contributed by atoms with E-state index >= 15 is 0 Å². The zero-order valence-electron chi connectivity index (χ0n) is 11.7. The Hall–Kier alpha value is -3.15. The molecule has 2 N–H and O–H groups in total. The van der Waals surface area contributed by atoms with Gasteiger partial charge in [-0.15, -0.1) is 0 Å². The van der Waals surface area contributed by atoms with Crippen LogP contribution >= 0.6 is 0 Å². The number of carboxylic acids is 2. The lowest BCUT2D eigenvalue weighted by molar-refractivity contribution is 0.0651. The normalized spacial score (nSPS) is 11.0. The van der Waals surface area contributed by atoms with Crippen LogP contribution in [0.3, 0.4) is 0 Å². The highest BCUT2D eigenvalue weighted by Crippen LogP contribution is 2.20. The minimum Gasteiger partial charge on any atom is -0.478 e. The van der Waals surface area contributed by atoms with E-state index in [4.69, 9.17) is 4.84 Å². The van der Waals surface area contributed by atoms with E-state index in [-0.39, 0.29) is 22.4 Å². The van der Waals surface area contributed by atoms with Crippen molar-refractivity contribution in [2.24, 2.45) is 5.16 Å². The lowest BCUT2D eigenvalue weighted by atomic mass is 9.94. The van der Waals surface area contributed by atoms with Crippen LogP contribution in [0.5, 0.6) is 0 Å². The maximum Gasteiger partial charge on any atom is 0.337 e. The van der Waals surface area contributed by atoms with Gasteiger partial charge in [0, 0.05) is 11.1 Å². The third-order valence-corrected chi connectivity index (χ3v) is 2.99. The summed E-state index contributed by atoms with van der Waals surface area (Å²) in [5.74, 6) is -2.66. The summed E-state index contributed by atoms with van der Waals surface area (Å²) in [7, 11) is 1.34. The molecule has 2 rings (SSSR count). The fourth-order valence-corrected chi connectivity index (χ4v) is 2.10. The molecule has 0 saturated carbocycles. The van der Waals surface area contributed by atoms with Gasteiger partial charge in [0.2, 0.25) is 0 Å². The highest BCUT2D eigenvalue weighted by Gasteiger charge is 2.23. The largest absolute Gasteiger partial charge is 0.478 e. The Morgan fingerprint density at radius 3 is 2.09 bits per heavy atom. The Bertz CT molecular complexity index is 737. The molecule has 0 spiro atoms. The van der Waals surface area contributed by atoms with Crippen molar-refractivity contribution in [1.82, 2.24) is 0 Å². The molecule has 0 unspecified atom stereocenters. The molecule has 0 amide bonds. The van der Waals surface area contributed by atoms with Gasteiger partial charge in [-0.1, -0.05) is 47.6 Å². The number of benzene rings is 2. The molecule has 0 aliphatic rings. The number of hydrogen-bond acceptors (Lipinski definition) is 4. The van der Waals surface area contributed by atoms with Crippen molar-refractivity contribution >= 4 is 17.7 Å². The van der Waals surface area contributed by atoms with Gasteiger partial charge in [0.25, 0.3) is 0 Å². The Balaban J connectivity index is 2.73. The molecule has 0 bridgehead atoms. The molecule has 6 nitrogen and oxygen atoms in total. The average Bonchev–Trinajstić information content (AvgIpc) is 2.52. The van der Waals surface area contributed by atoms with Crippen molar-refractivity contribution < 1.29 is 24.6 Å². The summed E-state index contributed by atoms with van der Waals surface area (Å²) < 4.78 is 0. The van der Waals surface area contributed by atoms with Crippen LogP contribution in [0.1, 0.15) is 31.8 Å². The Morgan fingerprint density at radius 1 is 0.909 bits per heavy atom. The standard InChI is InChI=1S/C16H13NO5/c1-22-17-14(10-6-3-2-4-7-10)11-8-5-9-12(15(18)19)13(11)16(20)21/h2-9H,1H3,(H,18,19)(H,20,21). The van der Waals surface area contributed by atoms with E-state index in [9.17, 15) is 19.8 Å². The number of rotatable bonds is 5. The zero-order chi connectivity index (χ0) is 16.1. The monoisotopic (exact) mass is 299 g/mol. The lowest BCUT2D eigenvalue weighted by Crippen LogP contribution is -2.16. The average molecular weight is 299 g/mol. The van der Waals surface area contributed by atoms with Crippen LogP contribution in [0.2, 0.25) is 0 Å². The first kappa shape index (κ1) is 15.2. The highest BCUT2D eigenvalue weighted by atomic mass is 16.6. The van der Waals surface area contributed by atoms with Gasteiger partial charge < -0.3 is 15.1 Å². The fraction of sp³-hybridized carbons (Fsp3) is 0.0625. The number of hydrogen-bond donors (Lipinski definition) is 2. The molecule has 0 fully saturated rings. The van der Waals surface area contributed by atoms with Gasteiger partial charge in [0.05, 0.1) is 11.1 Å². The first-order valence-corrected chi connectivity index (χ1v) is 6.32. The highest BCUT2D eigenvalue weighted by molar-refractivity contribution is 6.19. The topological polar surface area (TPSA) is 96.2 Å². The maximum atomic E-state index is 11.5. The SMILES string of the molecule is CON=C(c1ccccc1)c1cccc(C(=O)O)c1C(=O)O. The van der Waals surface area contributed by atoms with Crippen LogP contribution in [0.4, 0.5) is 0 Å². The van der Waals surface area contributed by atoms with Crippen molar-refractivity contribution in [3.05, 3.63) is 70.8 Å². The summed E-state index contributed by atoms with van der Waals surface area (Å²) in [5.41, 5.74) is 0.429. The molecule has 0 atom stereocenters. The van der Waals surface area contributed by atoms with Crippen molar-refractivity contribution in [2.75, 3.05) is 7.11 Å². The van der Waals surface area contributed by atoms with Gasteiger partial charge in [-0.05, 0) is 6.07 Å². The van der Waals surface area contributed by atoms with E-state index in [1.807, 2.05) is 0 Å². The van der Waals surface area contributed by atoms with Crippen LogP contribution in [-0.4, -0.2) is 35.0 Å². The summed E-state index contributed by atoms with van der Waals surface area (Å²) in [5, 5.41) is 22.5. The molecule has 2 aromatic rings. The van der Waals surface area contributed by atoms with Gasteiger partial charge in [0.15, 0.2) is 0 Å². The van der Waals surface area contributed by atoms with E-state index < -0.39 is 11.9 Å². The van der Waals surface area contributed by atoms with Crippen LogP contribution in [0.25, 0.3) is 0 Å². The number of aromatic carboxylic acids is 2. The van der Waals surface area contributed by atoms with Crippen molar-refractivity contribution in [1.29, 1.82) is 0 Å².